The number of hydrogen-bond donors (Lipinski definition) is 2. The fourth-order valence-electron chi connectivity index (χ4n) is 3.24. The van der Waals surface area contributed by atoms with Crippen LogP contribution in [-0.2, 0) is 4.79 Å². The highest BCUT2D eigenvalue weighted by atomic mass is 35.5. The SMILES string of the molecule is Cc1cc(SC(c2ccc(Cl)cc2)c2[nH]nc3ccccc23)ccc1OCC(=O)O. The molecule has 4 aromatic rings. The van der Waals surface area contributed by atoms with Crippen LogP contribution >= 0.6 is 23.4 Å². The fraction of sp³-hybridized carbons (Fsp3) is 0.130. The molecule has 4 rings (SSSR count). The normalized spacial score (nSPS) is 12.1. The molecule has 1 aromatic heterocycles. The van der Waals surface area contributed by atoms with E-state index in [2.05, 4.69) is 16.3 Å². The lowest BCUT2D eigenvalue weighted by molar-refractivity contribution is -0.139. The molecule has 1 atom stereocenters. The first-order chi connectivity index (χ1) is 14.5. The quantitative estimate of drug-likeness (QED) is 0.353. The second-order valence-electron chi connectivity index (χ2n) is 6.81. The van der Waals surface area contributed by atoms with Gasteiger partial charge in [0.1, 0.15) is 5.75 Å². The molecule has 0 bridgehead atoms. The number of carboxylic acid groups (broad SMARTS) is 1. The molecule has 0 spiro atoms. The van der Waals surface area contributed by atoms with Crippen LogP contribution in [0.5, 0.6) is 5.75 Å². The van der Waals surface area contributed by atoms with Crippen molar-refractivity contribution in [3.8, 4) is 5.75 Å². The Morgan fingerprint density at radius 1 is 1.17 bits per heavy atom. The van der Waals surface area contributed by atoms with Crippen molar-refractivity contribution in [2.24, 2.45) is 0 Å². The van der Waals surface area contributed by atoms with Gasteiger partial charge in [0.15, 0.2) is 6.61 Å². The van der Waals surface area contributed by atoms with Crippen LogP contribution in [0.3, 0.4) is 0 Å². The van der Waals surface area contributed by atoms with Gasteiger partial charge < -0.3 is 9.84 Å². The number of halogens is 1. The minimum absolute atomic E-state index is 0.0279. The molecule has 5 nitrogen and oxygen atoms in total. The molecule has 7 heteroatoms. The summed E-state index contributed by atoms with van der Waals surface area (Å²) in [6, 6.07) is 21.6. The van der Waals surface area contributed by atoms with Crippen LogP contribution in [0.15, 0.2) is 71.6 Å². The van der Waals surface area contributed by atoms with E-state index in [4.69, 9.17) is 21.4 Å². The zero-order valence-corrected chi connectivity index (χ0v) is 17.7. The molecule has 0 aliphatic heterocycles. The number of carbonyl (C=O) groups is 1. The lowest BCUT2D eigenvalue weighted by Gasteiger charge is -2.17. The second kappa shape index (κ2) is 8.81. The van der Waals surface area contributed by atoms with Crippen molar-refractivity contribution < 1.29 is 14.6 Å². The third-order valence-corrected chi connectivity index (χ3v) is 6.20. The summed E-state index contributed by atoms with van der Waals surface area (Å²) >= 11 is 7.79. The number of aliphatic carboxylic acids is 1. The number of fused-ring (bicyclic) bond motifs is 1. The number of aromatic nitrogens is 2. The molecule has 1 unspecified atom stereocenters. The lowest BCUT2D eigenvalue weighted by Crippen LogP contribution is -2.10. The zero-order valence-electron chi connectivity index (χ0n) is 16.1. The Morgan fingerprint density at radius 2 is 1.93 bits per heavy atom. The summed E-state index contributed by atoms with van der Waals surface area (Å²) in [5.74, 6) is -0.432. The minimum Gasteiger partial charge on any atom is -0.482 e. The Hall–Kier alpha value is -2.96. The van der Waals surface area contributed by atoms with Crippen molar-refractivity contribution in [3.05, 3.63) is 88.6 Å². The van der Waals surface area contributed by atoms with Gasteiger partial charge in [0.2, 0.25) is 0 Å². The minimum atomic E-state index is -0.998. The summed E-state index contributed by atoms with van der Waals surface area (Å²) in [5.41, 5.74) is 3.91. The standard InChI is InChI=1S/C23H19ClN2O3S/c1-14-12-17(10-11-20(14)29-13-21(27)28)30-23(15-6-8-16(24)9-7-15)22-18-4-2-3-5-19(18)25-26-22/h2-12,23H,13H2,1H3,(H,25,26)(H,27,28). The first kappa shape index (κ1) is 20.3. The zero-order chi connectivity index (χ0) is 21.1. The maximum atomic E-state index is 10.8. The number of ether oxygens (including phenoxy) is 1. The van der Waals surface area contributed by atoms with E-state index < -0.39 is 5.97 Å². The third kappa shape index (κ3) is 4.45. The predicted octanol–water partition coefficient (Wildman–Crippen LogP) is 5.87. The molecule has 0 fully saturated rings. The van der Waals surface area contributed by atoms with Crippen LogP contribution < -0.4 is 4.74 Å². The Bertz CT molecular complexity index is 1190. The average Bonchev–Trinajstić information content (AvgIpc) is 3.16. The molecular formula is C23H19ClN2O3S. The van der Waals surface area contributed by atoms with Crippen molar-refractivity contribution >= 4 is 40.2 Å². The highest BCUT2D eigenvalue weighted by molar-refractivity contribution is 7.99. The molecule has 3 aromatic carbocycles. The smallest absolute Gasteiger partial charge is 0.341 e. The molecule has 0 aliphatic carbocycles. The van der Waals surface area contributed by atoms with Crippen LogP contribution in [0, 0.1) is 6.92 Å². The van der Waals surface area contributed by atoms with Crippen LogP contribution in [0.2, 0.25) is 5.02 Å². The molecule has 0 saturated heterocycles. The highest BCUT2D eigenvalue weighted by Gasteiger charge is 2.21. The Labute approximate surface area is 183 Å². The fourth-order valence-corrected chi connectivity index (χ4v) is 4.62. The number of nitrogens with zero attached hydrogens (tertiary/aromatic N) is 1. The predicted molar refractivity (Wildman–Crippen MR) is 120 cm³/mol. The van der Waals surface area contributed by atoms with Gasteiger partial charge in [0.25, 0.3) is 0 Å². The number of aromatic amines is 1. The highest BCUT2D eigenvalue weighted by Crippen LogP contribution is 2.43. The van der Waals surface area contributed by atoms with E-state index in [0.717, 1.165) is 32.6 Å². The summed E-state index contributed by atoms with van der Waals surface area (Å²) in [4.78, 5) is 11.8. The van der Waals surface area contributed by atoms with Crippen LogP contribution in [0.4, 0.5) is 0 Å². The average molecular weight is 439 g/mol. The van der Waals surface area contributed by atoms with Gasteiger partial charge in [0, 0.05) is 15.3 Å². The van der Waals surface area contributed by atoms with Crippen molar-refractivity contribution in [1.82, 2.24) is 10.2 Å². The second-order valence-corrected chi connectivity index (χ2v) is 8.43. The van der Waals surface area contributed by atoms with Gasteiger partial charge in [-0.3, -0.25) is 5.10 Å². The van der Waals surface area contributed by atoms with Gasteiger partial charge in [-0.1, -0.05) is 41.9 Å². The summed E-state index contributed by atoms with van der Waals surface area (Å²) in [6.07, 6.45) is 0. The van der Waals surface area contributed by atoms with Crippen LogP contribution in [0.25, 0.3) is 10.9 Å². The number of hydrogen-bond acceptors (Lipinski definition) is 4. The van der Waals surface area contributed by atoms with Crippen molar-refractivity contribution in [2.75, 3.05) is 6.61 Å². The molecule has 0 radical (unpaired) electrons. The summed E-state index contributed by atoms with van der Waals surface area (Å²) in [6.45, 7) is 1.55. The van der Waals surface area contributed by atoms with Gasteiger partial charge in [0.05, 0.1) is 16.5 Å². The van der Waals surface area contributed by atoms with E-state index >= 15 is 0 Å². The number of para-hydroxylation sites is 1. The topological polar surface area (TPSA) is 75.2 Å². The van der Waals surface area contributed by atoms with E-state index in [9.17, 15) is 4.79 Å². The van der Waals surface area contributed by atoms with Gasteiger partial charge in [-0.25, -0.2) is 4.79 Å². The molecule has 0 aliphatic rings. The first-order valence-corrected chi connectivity index (χ1v) is 10.6. The molecule has 152 valence electrons. The molecular weight excluding hydrogens is 420 g/mol. The molecule has 30 heavy (non-hydrogen) atoms. The van der Waals surface area contributed by atoms with E-state index in [0.29, 0.717) is 10.8 Å². The third-order valence-electron chi connectivity index (χ3n) is 4.68. The maximum absolute atomic E-state index is 10.8. The van der Waals surface area contributed by atoms with Gasteiger partial charge in [-0.05, 0) is 54.4 Å². The van der Waals surface area contributed by atoms with E-state index in [1.807, 2.05) is 67.6 Å². The Morgan fingerprint density at radius 3 is 2.67 bits per heavy atom. The van der Waals surface area contributed by atoms with Gasteiger partial charge in [-0.15, -0.1) is 11.8 Å². The van der Waals surface area contributed by atoms with Gasteiger partial charge in [-0.2, -0.15) is 5.10 Å². The molecule has 1 heterocycles. The van der Waals surface area contributed by atoms with Crippen LogP contribution in [0.1, 0.15) is 22.1 Å². The molecule has 0 saturated carbocycles. The van der Waals surface area contributed by atoms with Crippen molar-refractivity contribution in [2.45, 2.75) is 17.1 Å². The summed E-state index contributed by atoms with van der Waals surface area (Å²) < 4.78 is 5.35. The summed E-state index contributed by atoms with van der Waals surface area (Å²) in [7, 11) is 0. The number of carboxylic acids is 1. The number of H-pyrrole nitrogens is 1. The number of thioether (sulfide) groups is 1. The van der Waals surface area contributed by atoms with Crippen molar-refractivity contribution in [1.29, 1.82) is 0 Å². The maximum Gasteiger partial charge on any atom is 0.341 e. The van der Waals surface area contributed by atoms with Gasteiger partial charge >= 0.3 is 5.97 Å². The molecule has 0 amide bonds. The first-order valence-electron chi connectivity index (χ1n) is 9.31. The monoisotopic (exact) mass is 438 g/mol. The van der Waals surface area contributed by atoms with E-state index in [-0.39, 0.29) is 11.9 Å². The number of aryl methyl sites for hydroxylation is 1. The molecule has 2 N–H and O–H groups in total. The Balaban J connectivity index is 1.69. The largest absolute Gasteiger partial charge is 0.482 e. The Kier molecular flexibility index (Phi) is 5.97. The summed E-state index contributed by atoms with van der Waals surface area (Å²) in [5, 5.41) is 18.2. The van der Waals surface area contributed by atoms with E-state index in [1.165, 1.54) is 0 Å². The number of rotatable bonds is 7. The number of nitrogens with one attached hydrogen (secondary N) is 1. The van der Waals surface area contributed by atoms with Crippen molar-refractivity contribution in [3.63, 3.8) is 0 Å². The lowest BCUT2D eigenvalue weighted by atomic mass is 10.1. The van der Waals surface area contributed by atoms with E-state index in [1.54, 1.807) is 11.8 Å². The van der Waals surface area contributed by atoms with Crippen LogP contribution in [-0.4, -0.2) is 27.9 Å². The number of benzene rings is 3.